The molecule has 1 unspecified atom stereocenters. The maximum Gasteiger partial charge on any atom is 0.350 e. The van der Waals surface area contributed by atoms with Gasteiger partial charge in [0, 0.05) is 31.7 Å². The fourth-order valence-corrected chi connectivity index (χ4v) is 3.21. The van der Waals surface area contributed by atoms with Crippen LogP contribution in [-0.4, -0.2) is 88.4 Å². The summed E-state index contributed by atoms with van der Waals surface area (Å²) < 4.78 is 5.38. The number of amidine groups is 1. The number of rotatable bonds is 7. The Bertz CT molecular complexity index is 890. The van der Waals surface area contributed by atoms with Gasteiger partial charge in [-0.1, -0.05) is 18.2 Å². The van der Waals surface area contributed by atoms with Gasteiger partial charge in [-0.05, 0) is 32.9 Å². The molecule has 11 heteroatoms. The molecule has 0 bridgehead atoms. The number of ether oxygens (including phenoxy) is 1. The molecule has 11 nitrogen and oxygen atoms in total. The van der Waals surface area contributed by atoms with Crippen molar-refractivity contribution in [2.45, 2.75) is 31.9 Å². The van der Waals surface area contributed by atoms with Crippen LogP contribution in [0.2, 0.25) is 0 Å². The molecule has 0 aliphatic carbocycles. The van der Waals surface area contributed by atoms with Crippen molar-refractivity contribution in [3.63, 3.8) is 0 Å². The molecule has 1 aromatic rings. The first kappa shape index (κ1) is 24.8. The van der Waals surface area contributed by atoms with E-state index in [-0.39, 0.29) is 38.3 Å². The van der Waals surface area contributed by atoms with Gasteiger partial charge in [-0.15, -0.1) is 0 Å². The van der Waals surface area contributed by atoms with Gasteiger partial charge in [0.05, 0.1) is 6.54 Å². The third-order valence-electron chi connectivity index (χ3n) is 4.79. The molecule has 1 aromatic carbocycles. The molecule has 5 N–H and O–H groups in total. The Morgan fingerprint density at radius 3 is 2.12 bits per heavy atom. The van der Waals surface area contributed by atoms with Gasteiger partial charge in [0.15, 0.2) is 0 Å². The summed E-state index contributed by atoms with van der Waals surface area (Å²) in [5, 5.41) is 19.4. The summed E-state index contributed by atoms with van der Waals surface area (Å²) in [5.41, 5.74) is 2.34. The summed E-state index contributed by atoms with van der Waals surface area (Å²) in [6, 6.07) is 7.90. The van der Waals surface area contributed by atoms with Crippen LogP contribution in [0.1, 0.15) is 31.1 Å². The first-order valence-electron chi connectivity index (χ1n) is 10.1. The number of benzene rings is 1. The van der Waals surface area contributed by atoms with Crippen LogP contribution in [0.25, 0.3) is 0 Å². The number of carbonyl (C=O) groups is 4. The SMILES string of the molecule is CC(C)(C)OC(=O)C(NC(=O)c1ccccc1)(C(=N)N)C(=O)N1CCN(CC(=O)O)CC1. The molecule has 2 rings (SSSR count). The molecule has 174 valence electrons. The Kier molecular flexibility index (Phi) is 7.57. The average molecular weight is 447 g/mol. The minimum Gasteiger partial charge on any atom is -0.480 e. The predicted molar refractivity (Wildman–Crippen MR) is 115 cm³/mol. The second-order valence-corrected chi connectivity index (χ2v) is 8.45. The molecule has 0 spiro atoms. The van der Waals surface area contributed by atoms with Gasteiger partial charge in [0.2, 0.25) is 0 Å². The van der Waals surface area contributed by atoms with Crippen LogP contribution in [0.4, 0.5) is 0 Å². The molecule has 1 saturated heterocycles. The van der Waals surface area contributed by atoms with Crippen molar-refractivity contribution in [2.24, 2.45) is 5.73 Å². The number of nitrogens with two attached hydrogens (primary N) is 1. The highest BCUT2D eigenvalue weighted by molar-refractivity contribution is 6.29. The number of piperazine rings is 1. The Morgan fingerprint density at radius 1 is 1.09 bits per heavy atom. The van der Waals surface area contributed by atoms with Crippen LogP contribution in [0.5, 0.6) is 0 Å². The zero-order valence-electron chi connectivity index (χ0n) is 18.4. The lowest BCUT2D eigenvalue weighted by molar-refractivity contribution is -0.165. The third-order valence-corrected chi connectivity index (χ3v) is 4.79. The van der Waals surface area contributed by atoms with Crippen molar-refractivity contribution in [3.8, 4) is 0 Å². The van der Waals surface area contributed by atoms with E-state index in [0.717, 1.165) is 0 Å². The molecule has 1 fully saturated rings. The maximum atomic E-state index is 13.5. The Balaban J connectivity index is 2.39. The van der Waals surface area contributed by atoms with Gasteiger partial charge < -0.3 is 25.8 Å². The molecule has 0 aromatic heterocycles. The number of hydrogen-bond acceptors (Lipinski definition) is 7. The van der Waals surface area contributed by atoms with E-state index < -0.39 is 40.7 Å². The fraction of sp³-hybridized carbons (Fsp3) is 0.476. The summed E-state index contributed by atoms with van der Waals surface area (Å²) in [4.78, 5) is 53.5. The zero-order valence-corrected chi connectivity index (χ0v) is 18.4. The number of amides is 2. The summed E-state index contributed by atoms with van der Waals surface area (Å²) in [6.45, 7) is 5.24. The smallest absolute Gasteiger partial charge is 0.350 e. The van der Waals surface area contributed by atoms with Crippen LogP contribution >= 0.6 is 0 Å². The minimum absolute atomic E-state index is 0.0884. The monoisotopic (exact) mass is 447 g/mol. The lowest BCUT2D eigenvalue weighted by atomic mass is 9.94. The fourth-order valence-electron chi connectivity index (χ4n) is 3.21. The Morgan fingerprint density at radius 2 is 1.66 bits per heavy atom. The number of nitrogens with zero attached hydrogens (tertiary/aromatic N) is 2. The van der Waals surface area contributed by atoms with E-state index in [0.29, 0.717) is 0 Å². The lowest BCUT2D eigenvalue weighted by Gasteiger charge is -2.40. The van der Waals surface area contributed by atoms with Crippen molar-refractivity contribution in [2.75, 3.05) is 32.7 Å². The highest BCUT2D eigenvalue weighted by Crippen LogP contribution is 2.20. The number of esters is 1. The highest BCUT2D eigenvalue weighted by atomic mass is 16.6. The van der Waals surface area contributed by atoms with Gasteiger partial charge >= 0.3 is 11.9 Å². The van der Waals surface area contributed by atoms with E-state index in [2.05, 4.69) is 5.32 Å². The van der Waals surface area contributed by atoms with Crippen LogP contribution in [0, 0.1) is 5.41 Å². The molecule has 1 aliphatic heterocycles. The second-order valence-electron chi connectivity index (χ2n) is 8.45. The lowest BCUT2D eigenvalue weighted by Crippen LogP contribution is -2.72. The number of nitrogens with one attached hydrogen (secondary N) is 2. The largest absolute Gasteiger partial charge is 0.480 e. The standard InChI is InChI=1S/C21H29N5O6/c1-20(2,3)32-19(31)21(17(22)23,24-16(29)14-7-5-4-6-8-14)18(30)26-11-9-25(10-12-26)13-15(27)28/h4-8H,9-13H2,1-3H3,(H3,22,23)(H,24,29)(H,27,28). The average Bonchev–Trinajstić information content (AvgIpc) is 2.70. The van der Waals surface area contributed by atoms with Crippen LogP contribution in [-0.2, 0) is 19.1 Å². The number of aliphatic carboxylic acids is 1. The van der Waals surface area contributed by atoms with Gasteiger partial charge in [0.1, 0.15) is 11.4 Å². The maximum absolute atomic E-state index is 13.5. The van der Waals surface area contributed by atoms with Crippen LogP contribution in [0.15, 0.2) is 30.3 Å². The van der Waals surface area contributed by atoms with Gasteiger partial charge in [-0.3, -0.25) is 24.7 Å². The van der Waals surface area contributed by atoms with Crippen LogP contribution < -0.4 is 11.1 Å². The summed E-state index contributed by atoms with van der Waals surface area (Å²) in [7, 11) is 0. The minimum atomic E-state index is -2.56. The van der Waals surface area contributed by atoms with E-state index in [4.69, 9.17) is 21.0 Å². The summed E-state index contributed by atoms with van der Waals surface area (Å²) in [5.74, 6) is -4.72. The first-order chi connectivity index (χ1) is 14.9. The van der Waals surface area contributed by atoms with E-state index in [1.165, 1.54) is 17.0 Å². The van der Waals surface area contributed by atoms with E-state index in [1.807, 2.05) is 0 Å². The zero-order chi connectivity index (χ0) is 24.1. The summed E-state index contributed by atoms with van der Waals surface area (Å²) in [6.07, 6.45) is 0. The molecule has 2 amide bonds. The topological polar surface area (TPSA) is 166 Å². The van der Waals surface area contributed by atoms with Gasteiger partial charge in [-0.25, -0.2) is 4.79 Å². The van der Waals surface area contributed by atoms with E-state index in [1.54, 1.807) is 43.9 Å². The van der Waals surface area contributed by atoms with E-state index >= 15 is 0 Å². The molecular formula is C21H29N5O6. The number of carbonyl (C=O) groups excluding carboxylic acids is 3. The molecule has 32 heavy (non-hydrogen) atoms. The normalized spacial score (nSPS) is 16.5. The molecule has 1 aliphatic rings. The number of carboxylic acid groups (broad SMARTS) is 1. The van der Waals surface area contributed by atoms with Gasteiger partial charge in [0.25, 0.3) is 17.4 Å². The van der Waals surface area contributed by atoms with Crippen molar-refractivity contribution < 1.29 is 29.0 Å². The molecule has 0 radical (unpaired) electrons. The third kappa shape index (κ3) is 5.82. The van der Waals surface area contributed by atoms with E-state index in [9.17, 15) is 19.2 Å². The number of hydrogen-bond donors (Lipinski definition) is 4. The first-order valence-corrected chi connectivity index (χ1v) is 10.1. The molecule has 0 saturated carbocycles. The van der Waals surface area contributed by atoms with Crippen molar-refractivity contribution in [1.82, 2.24) is 15.1 Å². The Hall–Kier alpha value is -3.47. The quantitative estimate of drug-likeness (QED) is 0.191. The Labute approximate surface area is 186 Å². The van der Waals surface area contributed by atoms with Crippen molar-refractivity contribution >= 4 is 29.6 Å². The van der Waals surface area contributed by atoms with Crippen molar-refractivity contribution in [1.29, 1.82) is 5.41 Å². The number of carboxylic acids is 1. The second kappa shape index (κ2) is 9.77. The van der Waals surface area contributed by atoms with Gasteiger partial charge in [-0.2, -0.15) is 0 Å². The molecular weight excluding hydrogens is 418 g/mol. The van der Waals surface area contributed by atoms with Crippen LogP contribution in [0.3, 0.4) is 0 Å². The van der Waals surface area contributed by atoms with Crippen molar-refractivity contribution in [3.05, 3.63) is 35.9 Å². The molecule has 1 heterocycles. The predicted octanol–water partition coefficient (Wildman–Crippen LogP) is -0.338. The molecule has 1 atom stereocenters. The highest BCUT2D eigenvalue weighted by Gasteiger charge is 2.55. The summed E-state index contributed by atoms with van der Waals surface area (Å²) >= 11 is 0.